The van der Waals surface area contributed by atoms with Gasteiger partial charge < -0.3 is 15.0 Å². The van der Waals surface area contributed by atoms with Gasteiger partial charge in [-0.1, -0.05) is 47.5 Å². The Labute approximate surface area is 361 Å². The smallest absolute Gasteiger partial charge is 0.293 e. The maximum atomic E-state index is 13.5. The lowest BCUT2D eigenvalue weighted by atomic mass is 9.87. The SMILES string of the molecule is O=C(NS(=O)(=O)c1ccc(N[C@H](CCN2C[C@@H]3C[C@H]2CO3)CSc2ccccc2)c([N+](=O)[O-])c1)c1ccc(N2CCN(CC3=C(c4ccc(Cl)cc4)CCCC3)CC2)cc1. The average molecular weight is 872 g/mol. The zero-order valence-electron chi connectivity index (χ0n) is 33.5. The summed E-state index contributed by atoms with van der Waals surface area (Å²) in [4.78, 5) is 32.9. The zero-order valence-corrected chi connectivity index (χ0v) is 35.9. The van der Waals surface area contributed by atoms with Crippen molar-refractivity contribution in [2.24, 2.45) is 0 Å². The predicted molar refractivity (Wildman–Crippen MR) is 239 cm³/mol. The minimum Gasteiger partial charge on any atom is -0.376 e. The fraction of sp³-hybridized carbons (Fsp3) is 0.400. The molecule has 4 aliphatic rings. The summed E-state index contributed by atoms with van der Waals surface area (Å²) in [5, 5.41) is 16.5. The number of likely N-dealkylation sites (tertiary alicyclic amines) is 1. The van der Waals surface area contributed by atoms with E-state index in [0.717, 1.165) is 99.8 Å². The number of allylic oxidation sites excluding steroid dienone is 1. The quantitative estimate of drug-likeness (QED) is 0.0645. The highest BCUT2D eigenvalue weighted by Gasteiger charge is 2.39. The van der Waals surface area contributed by atoms with Gasteiger partial charge in [0, 0.05) is 90.9 Å². The van der Waals surface area contributed by atoms with Crippen molar-refractivity contribution in [3.05, 3.63) is 129 Å². The van der Waals surface area contributed by atoms with Crippen molar-refractivity contribution in [1.82, 2.24) is 14.5 Å². The van der Waals surface area contributed by atoms with E-state index in [0.29, 0.717) is 11.8 Å². The van der Waals surface area contributed by atoms with Crippen molar-refractivity contribution in [3.8, 4) is 0 Å². The number of morpholine rings is 1. The molecule has 12 nitrogen and oxygen atoms in total. The monoisotopic (exact) mass is 870 g/mol. The van der Waals surface area contributed by atoms with E-state index in [-0.39, 0.29) is 34.0 Å². The first-order valence-corrected chi connectivity index (χ1v) is 23.6. The summed E-state index contributed by atoms with van der Waals surface area (Å²) in [6, 6.07) is 29.0. The number of anilines is 2. The Hall–Kier alpha value is -4.44. The molecular weight excluding hydrogens is 820 g/mol. The van der Waals surface area contributed by atoms with Crippen LogP contribution in [0, 0.1) is 10.1 Å². The second-order valence-electron chi connectivity index (χ2n) is 16.1. The maximum Gasteiger partial charge on any atom is 0.293 e. The molecule has 3 saturated heterocycles. The molecule has 1 aliphatic carbocycles. The molecule has 0 saturated carbocycles. The van der Waals surface area contributed by atoms with Crippen molar-refractivity contribution in [2.45, 2.75) is 66.5 Å². The Morgan fingerprint density at radius 1 is 0.950 bits per heavy atom. The van der Waals surface area contributed by atoms with Gasteiger partial charge >= 0.3 is 0 Å². The Balaban J connectivity index is 0.877. The van der Waals surface area contributed by atoms with Gasteiger partial charge in [0.25, 0.3) is 21.6 Å². The largest absolute Gasteiger partial charge is 0.376 e. The number of piperazine rings is 1. The normalized spacial score (nSPS) is 20.3. The molecule has 3 fully saturated rings. The number of fused-ring (bicyclic) bond motifs is 2. The summed E-state index contributed by atoms with van der Waals surface area (Å²) >= 11 is 7.82. The van der Waals surface area contributed by atoms with Gasteiger partial charge in [0.05, 0.1) is 22.5 Å². The van der Waals surface area contributed by atoms with Crippen molar-refractivity contribution in [2.75, 3.05) is 68.4 Å². The van der Waals surface area contributed by atoms with E-state index in [1.165, 1.54) is 41.7 Å². The molecule has 2 N–H and O–H groups in total. The molecule has 4 aromatic rings. The van der Waals surface area contributed by atoms with Crippen LogP contribution in [0.15, 0.2) is 112 Å². The average Bonchev–Trinajstić information content (AvgIpc) is 3.90. The summed E-state index contributed by atoms with van der Waals surface area (Å²) in [7, 11) is -4.43. The van der Waals surface area contributed by atoms with Crippen LogP contribution in [0.5, 0.6) is 0 Å². The zero-order chi connectivity index (χ0) is 41.6. The number of hydrogen-bond donors (Lipinski definition) is 2. The number of benzene rings is 4. The molecule has 0 aromatic heterocycles. The summed E-state index contributed by atoms with van der Waals surface area (Å²) in [6.07, 6.45) is 6.66. The Morgan fingerprint density at radius 2 is 1.70 bits per heavy atom. The van der Waals surface area contributed by atoms with E-state index in [2.05, 4.69) is 36.9 Å². The molecule has 4 aromatic carbocycles. The van der Waals surface area contributed by atoms with Crippen LogP contribution in [0.1, 0.15) is 54.4 Å². The number of hydrogen-bond acceptors (Lipinski definition) is 11. The van der Waals surface area contributed by atoms with Gasteiger partial charge in [0.1, 0.15) is 5.69 Å². The highest BCUT2D eigenvalue weighted by molar-refractivity contribution is 7.99. The molecule has 8 rings (SSSR count). The van der Waals surface area contributed by atoms with Gasteiger partial charge in [-0.05, 0) is 110 Å². The number of carbonyl (C=O) groups excluding carboxylic acids is 1. The number of halogens is 1. The lowest BCUT2D eigenvalue weighted by Gasteiger charge is -2.37. The molecule has 0 spiro atoms. The first kappa shape index (κ1) is 42.3. The lowest BCUT2D eigenvalue weighted by molar-refractivity contribution is -0.384. The number of nitrogens with zero attached hydrogens (tertiary/aromatic N) is 4. The standard InChI is InChI=1S/C45H51ClN6O6S2/c46-35-14-10-32(11-15-35)42-9-5-4-6-34(42)28-49-22-24-50(25-23-49)37-16-12-33(13-17-37)45(53)48-60(56,57)41-18-19-43(44(27-41)52(54)55)47-36(31-59-40-7-2-1-3-8-40)20-21-51-29-39-26-38(51)30-58-39/h1-3,7-8,10-19,27,36,38-39,47H,4-6,9,20-26,28-31H2,(H,48,53)/t36-,38+,39+/m1/s1. The molecule has 1 amide bonds. The number of ether oxygens (including phenoxy) is 1. The number of nitro groups is 1. The van der Waals surface area contributed by atoms with Crippen LogP contribution >= 0.6 is 23.4 Å². The first-order valence-electron chi connectivity index (χ1n) is 20.8. The van der Waals surface area contributed by atoms with Gasteiger partial charge in [0.15, 0.2) is 0 Å². The fourth-order valence-corrected chi connectivity index (χ4v) is 10.9. The van der Waals surface area contributed by atoms with Crippen LogP contribution in [0.2, 0.25) is 5.02 Å². The third kappa shape index (κ3) is 10.4. The van der Waals surface area contributed by atoms with E-state index >= 15 is 0 Å². The number of rotatable bonds is 16. The molecule has 15 heteroatoms. The highest BCUT2D eigenvalue weighted by atomic mass is 35.5. The molecule has 60 heavy (non-hydrogen) atoms. The Bertz CT molecular complexity index is 2290. The number of sulfonamides is 1. The van der Waals surface area contributed by atoms with Crippen LogP contribution < -0.4 is 14.9 Å². The molecule has 3 aliphatic heterocycles. The maximum absolute atomic E-state index is 13.5. The van der Waals surface area contributed by atoms with Crippen molar-refractivity contribution < 1.29 is 22.9 Å². The topological polar surface area (TPSA) is 137 Å². The van der Waals surface area contributed by atoms with E-state index in [9.17, 15) is 23.3 Å². The minimum atomic E-state index is -4.43. The number of nitrogens with one attached hydrogen (secondary N) is 2. The molecule has 316 valence electrons. The number of nitro benzene ring substituents is 1. The number of carbonyl (C=O) groups is 1. The van der Waals surface area contributed by atoms with Crippen LogP contribution in [-0.2, 0) is 14.8 Å². The van der Waals surface area contributed by atoms with Crippen molar-refractivity contribution in [3.63, 3.8) is 0 Å². The van der Waals surface area contributed by atoms with Crippen LogP contribution in [0.25, 0.3) is 5.57 Å². The van der Waals surface area contributed by atoms with Gasteiger partial charge in [0.2, 0.25) is 0 Å². The minimum absolute atomic E-state index is 0.142. The predicted octanol–water partition coefficient (Wildman–Crippen LogP) is 7.95. The summed E-state index contributed by atoms with van der Waals surface area (Å²) < 4.78 is 34.8. The third-order valence-electron chi connectivity index (χ3n) is 12.1. The molecule has 0 unspecified atom stereocenters. The molecule has 2 bridgehead atoms. The first-order chi connectivity index (χ1) is 29.1. The summed E-state index contributed by atoms with van der Waals surface area (Å²) in [5.41, 5.74) is 5.19. The number of thioether (sulfide) groups is 1. The second-order valence-corrected chi connectivity index (χ2v) is 19.3. The Morgan fingerprint density at radius 3 is 2.40 bits per heavy atom. The van der Waals surface area contributed by atoms with E-state index in [1.54, 1.807) is 23.9 Å². The molecule has 0 radical (unpaired) electrons. The summed E-state index contributed by atoms with van der Waals surface area (Å²) in [5.74, 6) is -0.164. The van der Waals surface area contributed by atoms with Crippen molar-refractivity contribution in [1.29, 1.82) is 0 Å². The fourth-order valence-electron chi connectivity index (χ4n) is 8.80. The highest BCUT2D eigenvalue weighted by Crippen LogP contribution is 2.35. The number of amides is 1. The molecular formula is C45H51ClN6O6S2. The van der Waals surface area contributed by atoms with Crippen LogP contribution in [0.3, 0.4) is 0 Å². The van der Waals surface area contributed by atoms with Gasteiger partial charge in [-0.2, -0.15) is 0 Å². The van der Waals surface area contributed by atoms with Gasteiger partial charge in [-0.3, -0.25) is 24.7 Å². The third-order valence-corrected chi connectivity index (χ3v) is 14.8. The molecule has 3 atom stereocenters. The molecule has 3 heterocycles. The van der Waals surface area contributed by atoms with Crippen molar-refractivity contribution >= 4 is 61.9 Å². The van der Waals surface area contributed by atoms with E-state index < -0.39 is 20.9 Å². The van der Waals surface area contributed by atoms with Crippen LogP contribution in [-0.4, -0.2) is 105 Å². The summed E-state index contributed by atoms with van der Waals surface area (Å²) in [6.45, 7) is 6.84. The van der Waals surface area contributed by atoms with Crippen LogP contribution in [0.4, 0.5) is 17.1 Å². The van der Waals surface area contributed by atoms with E-state index in [1.807, 2.05) is 54.6 Å². The van der Waals surface area contributed by atoms with Gasteiger partial charge in [-0.15, -0.1) is 11.8 Å². The van der Waals surface area contributed by atoms with E-state index in [4.69, 9.17) is 16.3 Å². The van der Waals surface area contributed by atoms with Gasteiger partial charge in [-0.25, -0.2) is 13.1 Å². The Kier molecular flexibility index (Phi) is 13.4. The second kappa shape index (κ2) is 19.1. The lowest BCUT2D eigenvalue weighted by Crippen LogP contribution is -2.47.